The van der Waals surface area contributed by atoms with E-state index in [1.807, 2.05) is 12.1 Å². The predicted octanol–water partition coefficient (Wildman–Crippen LogP) is 5.32. The van der Waals surface area contributed by atoms with E-state index in [9.17, 15) is 5.11 Å². The highest BCUT2D eigenvalue weighted by Gasteiger charge is 2.28. The average Bonchev–Trinajstić information content (AvgIpc) is 3.10. The molecule has 4 heteroatoms. The van der Waals surface area contributed by atoms with Gasteiger partial charge in [-0.15, -0.1) is 0 Å². The van der Waals surface area contributed by atoms with Crippen LogP contribution in [-0.2, 0) is 13.1 Å². The van der Waals surface area contributed by atoms with Crippen LogP contribution in [0.25, 0.3) is 0 Å². The van der Waals surface area contributed by atoms with E-state index in [1.165, 1.54) is 16.8 Å². The molecule has 4 rings (SSSR count). The van der Waals surface area contributed by atoms with Gasteiger partial charge in [-0.25, -0.2) is 0 Å². The van der Waals surface area contributed by atoms with E-state index in [0.29, 0.717) is 11.7 Å². The summed E-state index contributed by atoms with van der Waals surface area (Å²) in [6, 6.07) is 19.2. The second kappa shape index (κ2) is 8.34. The number of ether oxygens (including phenoxy) is 1. The molecule has 1 N–H and O–H groups in total. The standard InChI is InChI=1S/C25H30N2O2/c1-18(2)20-9-7-19(8-10-20)17-27-15-5-14-26-13-4-6-22(26)25(27)21-11-12-24(29-3)23(28)16-21/h4,6-13,16,18,25,28H,5,14-15,17H2,1-3H3/t25-/m1/s1. The van der Waals surface area contributed by atoms with E-state index in [4.69, 9.17) is 4.74 Å². The van der Waals surface area contributed by atoms with Crippen molar-refractivity contribution in [1.82, 2.24) is 9.47 Å². The number of aromatic nitrogens is 1. The van der Waals surface area contributed by atoms with E-state index in [1.54, 1.807) is 7.11 Å². The van der Waals surface area contributed by atoms with Gasteiger partial charge < -0.3 is 14.4 Å². The van der Waals surface area contributed by atoms with Crippen LogP contribution >= 0.6 is 0 Å². The summed E-state index contributed by atoms with van der Waals surface area (Å²) < 4.78 is 7.59. The van der Waals surface area contributed by atoms with Gasteiger partial charge in [0.25, 0.3) is 0 Å². The minimum absolute atomic E-state index is 0.0917. The Morgan fingerprint density at radius 3 is 2.55 bits per heavy atom. The molecule has 0 unspecified atom stereocenters. The fourth-order valence-electron chi connectivity index (χ4n) is 4.31. The minimum atomic E-state index is 0.0917. The monoisotopic (exact) mass is 390 g/mol. The summed E-state index contributed by atoms with van der Waals surface area (Å²) in [5.74, 6) is 1.24. The van der Waals surface area contributed by atoms with Crippen molar-refractivity contribution in [2.24, 2.45) is 0 Å². The Hall–Kier alpha value is -2.72. The Labute approximate surface area is 173 Å². The third-order valence-electron chi connectivity index (χ3n) is 5.90. The lowest BCUT2D eigenvalue weighted by molar-refractivity contribution is 0.220. The maximum absolute atomic E-state index is 10.4. The van der Waals surface area contributed by atoms with Crippen LogP contribution in [0.1, 0.15) is 54.6 Å². The second-order valence-corrected chi connectivity index (χ2v) is 8.18. The molecule has 4 nitrogen and oxygen atoms in total. The topological polar surface area (TPSA) is 37.6 Å². The number of fused-ring (bicyclic) bond motifs is 1. The second-order valence-electron chi connectivity index (χ2n) is 8.18. The van der Waals surface area contributed by atoms with E-state index in [2.05, 4.69) is 72.0 Å². The first-order valence-electron chi connectivity index (χ1n) is 10.4. The third-order valence-corrected chi connectivity index (χ3v) is 5.90. The fourth-order valence-corrected chi connectivity index (χ4v) is 4.31. The summed E-state index contributed by atoms with van der Waals surface area (Å²) in [5.41, 5.74) is 5.04. The average molecular weight is 391 g/mol. The van der Waals surface area contributed by atoms with Crippen LogP contribution in [0.5, 0.6) is 11.5 Å². The van der Waals surface area contributed by atoms with Crippen molar-refractivity contribution in [3.05, 3.63) is 83.2 Å². The molecule has 1 aliphatic rings. The highest BCUT2D eigenvalue weighted by molar-refractivity contribution is 5.44. The van der Waals surface area contributed by atoms with E-state index < -0.39 is 0 Å². The largest absolute Gasteiger partial charge is 0.504 e. The van der Waals surface area contributed by atoms with Crippen LogP contribution in [0.15, 0.2) is 60.8 Å². The lowest BCUT2D eigenvalue weighted by atomic mass is 9.99. The van der Waals surface area contributed by atoms with Crippen molar-refractivity contribution in [2.75, 3.05) is 13.7 Å². The molecule has 0 amide bonds. The molecular formula is C25H30N2O2. The molecule has 1 atom stereocenters. The van der Waals surface area contributed by atoms with Crippen molar-refractivity contribution in [1.29, 1.82) is 0 Å². The molecule has 1 aliphatic heterocycles. The third kappa shape index (κ3) is 4.03. The molecule has 2 aromatic carbocycles. The van der Waals surface area contributed by atoms with Gasteiger partial charge in [0, 0.05) is 31.5 Å². The normalized spacial score (nSPS) is 17.2. The van der Waals surface area contributed by atoms with Gasteiger partial charge in [-0.05, 0) is 53.3 Å². The van der Waals surface area contributed by atoms with E-state index in [0.717, 1.165) is 31.6 Å². The molecule has 0 fully saturated rings. The summed E-state index contributed by atoms with van der Waals surface area (Å²) >= 11 is 0. The number of benzene rings is 2. The molecule has 29 heavy (non-hydrogen) atoms. The highest BCUT2D eigenvalue weighted by atomic mass is 16.5. The van der Waals surface area contributed by atoms with Crippen LogP contribution in [-0.4, -0.2) is 28.2 Å². The number of phenols is 1. The summed E-state index contributed by atoms with van der Waals surface area (Å²) in [4.78, 5) is 2.52. The Morgan fingerprint density at radius 2 is 1.86 bits per heavy atom. The fraction of sp³-hybridized carbons (Fsp3) is 0.360. The maximum Gasteiger partial charge on any atom is 0.160 e. The molecule has 0 saturated heterocycles. The van der Waals surface area contributed by atoms with Gasteiger partial charge in [0.1, 0.15) is 0 Å². The van der Waals surface area contributed by atoms with Crippen LogP contribution < -0.4 is 4.74 Å². The first-order chi connectivity index (χ1) is 14.1. The minimum Gasteiger partial charge on any atom is -0.504 e. The lowest BCUT2D eigenvalue weighted by Gasteiger charge is -2.31. The zero-order chi connectivity index (χ0) is 20.4. The molecule has 0 spiro atoms. The molecule has 152 valence electrons. The number of rotatable bonds is 5. The van der Waals surface area contributed by atoms with Gasteiger partial charge in [-0.3, -0.25) is 4.90 Å². The molecular weight excluding hydrogens is 360 g/mol. The van der Waals surface area contributed by atoms with Crippen LogP contribution in [0, 0.1) is 0 Å². The molecule has 1 aromatic heterocycles. The zero-order valence-corrected chi connectivity index (χ0v) is 17.5. The number of phenolic OH excluding ortho intramolecular Hbond substituents is 1. The highest BCUT2D eigenvalue weighted by Crippen LogP contribution is 2.37. The van der Waals surface area contributed by atoms with Crippen LogP contribution in [0.2, 0.25) is 0 Å². The number of aryl methyl sites for hydroxylation is 1. The molecule has 0 radical (unpaired) electrons. The quantitative estimate of drug-likeness (QED) is 0.641. The smallest absolute Gasteiger partial charge is 0.160 e. The first-order valence-corrected chi connectivity index (χ1v) is 10.4. The summed E-state index contributed by atoms with van der Waals surface area (Å²) in [6.45, 7) is 7.35. The lowest BCUT2D eigenvalue weighted by Crippen LogP contribution is -2.29. The van der Waals surface area contributed by atoms with Crippen molar-refractivity contribution in [3.63, 3.8) is 0 Å². The predicted molar refractivity (Wildman–Crippen MR) is 116 cm³/mol. The van der Waals surface area contributed by atoms with Gasteiger partial charge in [0.05, 0.1) is 13.2 Å². The van der Waals surface area contributed by atoms with Gasteiger partial charge >= 0.3 is 0 Å². The number of hydrogen-bond donors (Lipinski definition) is 1. The Bertz CT molecular complexity index is 959. The summed E-state index contributed by atoms with van der Waals surface area (Å²) in [6.07, 6.45) is 3.26. The summed E-state index contributed by atoms with van der Waals surface area (Å²) in [7, 11) is 1.58. The van der Waals surface area contributed by atoms with Crippen LogP contribution in [0.4, 0.5) is 0 Å². The zero-order valence-electron chi connectivity index (χ0n) is 17.5. The Balaban J connectivity index is 1.70. The Morgan fingerprint density at radius 1 is 1.07 bits per heavy atom. The maximum atomic E-state index is 10.4. The molecule has 0 bridgehead atoms. The van der Waals surface area contributed by atoms with Crippen molar-refractivity contribution in [3.8, 4) is 11.5 Å². The Kier molecular flexibility index (Phi) is 5.63. The number of hydrogen-bond acceptors (Lipinski definition) is 3. The van der Waals surface area contributed by atoms with Crippen molar-refractivity contribution >= 4 is 0 Å². The van der Waals surface area contributed by atoms with Gasteiger partial charge in [0.15, 0.2) is 11.5 Å². The van der Waals surface area contributed by atoms with Gasteiger partial charge in [-0.1, -0.05) is 44.2 Å². The number of methoxy groups -OCH3 is 1. The van der Waals surface area contributed by atoms with E-state index >= 15 is 0 Å². The molecule has 0 saturated carbocycles. The first kappa shape index (κ1) is 19.6. The van der Waals surface area contributed by atoms with Crippen LogP contribution in [0.3, 0.4) is 0 Å². The van der Waals surface area contributed by atoms with Crippen molar-refractivity contribution < 1.29 is 9.84 Å². The molecule has 3 aromatic rings. The van der Waals surface area contributed by atoms with Crippen molar-refractivity contribution in [2.45, 2.75) is 45.3 Å². The SMILES string of the molecule is COc1ccc([C@@H]2c3cccn3CCCN2Cc2ccc(C(C)C)cc2)cc1O. The summed E-state index contributed by atoms with van der Waals surface area (Å²) in [5, 5.41) is 10.4. The van der Waals surface area contributed by atoms with Gasteiger partial charge in [-0.2, -0.15) is 0 Å². The number of nitrogens with zero attached hydrogens (tertiary/aromatic N) is 2. The number of aromatic hydroxyl groups is 1. The van der Waals surface area contributed by atoms with Gasteiger partial charge in [0.2, 0.25) is 0 Å². The molecule has 2 heterocycles. The van der Waals surface area contributed by atoms with E-state index in [-0.39, 0.29) is 11.8 Å². The molecule has 0 aliphatic carbocycles.